The van der Waals surface area contributed by atoms with Crippen molar-refractivity contribution in [2.24, 2.45) is 0 Å². The van der Waals surface area contributed by atoms with Crippen LogP contribution in [-0.2, 0) is 9.47 Å². The molecule has 2 aromatic heterocycles. The van der Waals surface area contributed by atoms with Gasteiger partial charge in [0.1, 0.15) is 17.5 Å². The zero-order valence-corrected chi connectivity index (χ0v) is 15.9. The maximum atomic E-state index is 5.83. The molecule has 144 valence electrons. The summed E-state index contributed by atoms with van der Waals surface area (Å²) in [6.07, 6.45) is 3.51. The molecule has 2 aliphatic heterocycles. The molecule has 1 N–H and O–H groups in total. The molecule has 5 rings (SSSR count). The highest BCUT2D eigenvalue weighted by atomic mass is 16.7. The second-order valence-corrected chi connectivity index (χ2v) is 7.26. The fraction of sp³-hybridized carbons (Fsp3) is 0.381. The van der Waals surface area contributed by atoms with Crippen molar-refractivity contribution in [1.29, 1.82) is 0 Å². The minimum atomic E-state index is -0.381. The van der Waals surface area contributed by atoms with E-state index in [0.717, 1.165) is 60.0 Å². The molecule has 3 aromatic rings. The molecule has 7 nitrogen and oxygen atoms in total. The largest absolute Gasteiger partial charge is 0.356 e. The Morgan fingerprint density at radius 3 is 2.64 bits per heavy atom. The van der Waals surface area contributed by atoms with Gasteiger partial charge < -0.3 is 19.7 Å². The second kappa shape index (κ2) is 7.00. The number of hydrogen-bond donors (Lipinski definition) is 1. The number of hydrogen-bond acceptors (Lipinski definition) is 7. The van der Waals surface area contributed by atoms with E-state index >= 15 is 0 Å². The molecule has 0 atom stereocenters. The molecule has 0 bridgehead atoms. The summed E-state index contributed by atoms with van der Waals surface area (Å²) in [5, 5.41) is 4.52. The molecule has 0 unspecified atom stereocenters. The monoisotopic (exact) mass is 377 g/mol. The third-order valence-corrected chi connectivity index (χ3v) is 5.38. The number of nitrogens with zero attached hydrogens (tertiary/aromatic N) is 4. The van der Waals surface area contributed by atoms with E-state index in [2.05, 4.69) is 37.3 Å². The molecule has 28 heavy (non-hydrogen) atoms. The van der Waals surface area contributed by atoms with Gasteiger partial charge in [0, 0.05) is 43.6 Å². The number of aromatic nitrogens is 3. The van der Waals surface area contributed by atoms with Gasteiger partial charge in [-0.2, -0.15) is 0 Å². The highest BCUT2D eigenvalue weighted by Gasteiger charge is 2.40. The van der Waals surface area contributed by atoms with Crippen LogP contribution >= 0.6 is 0 Å². The summed E-state index contributed by atoms with van der Waals surface area (Å²) >= 11 is 0. The molecule has 0 saturated carbocycles. The highest BCUT2D eigenvalue weighted by molar-refractivity contribution is 5.91. The summed E-state index contributed by atoms with van der Waals surface area (Å²) < 4.78 is 11.7. The van der Waals surface area contributed by atoms with Crippen LogP contribution in [-0.4, -0.2) is 47.0 Å². The molecule has 7 heteroatoms. The van der Waals surface area contributed by atoms with E-state index in [1.54, 1.807) is 6.20 Å². The maximum Gasteiger partial charge on any atom is 0.171 e. The molecule has 0 aliphatic carbocycles. The Labute approximate surface area is 163 Å². The number of benzene rings is 1. The Hall–Kier alpha value is -2.77. The highest BCUT2D eigenvalue weighted by Crippen LogP contribution is 2.33. The van der Waals surface area contributed by atoms with Gasteiger partial charge in [-0.1, -0.05) is 18.2 Å². The van der Waals surface area contributed by atoms with E-state index < -0.39 is 0 Å². The topological polar surface area (TPSA) is 72.4 Å². The van der Waals surface area contributed by atoms with Gasteiger partial charge in [-0.3, -0.25) is 4.98 Å². The molecule has 0 amide bonds. The minimum absolute atomic E-state index is 0.381. The van der Waals surface area contributed by atoms with Crippen molar-refractivity contribution in [1.82, 2.24) is 15.0 Å². The van der Waals surface area contributed by atoms with Gasteiger partial charge in [-0.25, -0.2) is 9.97 Å². The molecule has 1 aromatic carbocycles. The van der Waals surface area contributed by atoms with Crippen LogP contribution in [0.15, 0.2) is 42.6 Å². The van der Waals surface area contributed by atoms with Crippen LogP contribution in [0.3, 0.4) is 0 Å². The quantitative estimate of drug-likeness (QED) is 0.750. The third-order valence-electron chi connectivity index (χ3n) is 5.38. The van der Waals surface area contributed by atoms with Crippen LogP contribution in [0.1, 0.15) is 18.7 Å². The average Bonchev–Trinajstić information content (AvgIpc) is 3.16. The smallest absolute Gasteiger partial charge is 0.171 e. The summed E-state index contributed by atoms with van der Waals surface area (Å²) in [6, 6.07) is 12.1. The van der Waals surface area contributed by atoms with Gasteiger partial charge in [0.15, 0.2) is 5.79 Å². The number of anilines is 3. The van der Waals surface area contributed by atoms with Gasteiger partial charge in [0.2, 0.25) is 0 Å². The molecular formula is C21H23N5O2. The van der Waals surface area contributed by atoms with Crippen molar-refractivity contribution in [2.75, 3.05) is 36.5 Å². The molecule has 0 radical (unpaired) electrons. The molecular weight excluding hydrogens is 354 g/mol. The van der Waals surface area contributed by atoms with Crippen molar-refractivity contribution >= 4 is 28.2 Å². The first-order valence-corrected chi connectivity index (χ1v) is 9.70. The first kappa shape index (κ1) is 17.3. The molecule has 2 saturated heterocycles. The zero-order chi connectivity index (χ0) is 19.0. The summed E-state index contributed by atoms with van der Waals surface area (Å²) in [5.74, 6) is 2.06. The van der Waals surface area contributed by atoms with Gasteiger partial charge in [0.25, 0.3) is 0 Å². The molecule has 4 heterocycles. The predicted molar refractivity (Wildman–Crippen MR) is 108 cm³/mol. The average molecular weight is 377 g/mol. The molecule has 2 fully saturated rings. The Morgan fingerprint density at radius 1 is 1.04 bits per heavy atom. The van der Waals surface area contributed by atoms with Crippen LogP contribution in [0, 0.1) is 6.92 Å². The lowest BCUT2D eigenvalue weighted by atomic mass is 10.0. The van der Waals surface area contributed by atoms with Gasteiger partial charge in [-0.05, 0) is 19.1 Å². The summed E-state index contributed by atoms with van der Waals surface area (Å²) in [7, 11) is 0. The van der Waals surface area contributed by atoms with Crippen molar-refractivity contribution in [3.05, 3.63) is 48.4 Å². The second-order valence-electron chi connectivity index (χ2n) is 7.26. The summed E-state index contributed by atoms with van der Waals surface area (Å²) in [5.41, 5.74) is 1.87. The normalized spacial score (nSPS) is 18.7. The van der Waals surface area contributed by atoms with E-state index in [-0.39, 0.29) is 5.79 Å². The first-order chi connectivity index (χ1) is 13.7. The van der Waals surface area contributed by atoms with Crippen LogP contribution in [0.2, 0.25) is 0 Å². The number of pyridine rings is 1. The number of ether oxygens (including phenoxy) is 2. The maximum absolute atomic E-state index is 5.83. The van der Waals surface area contributed by atoms with E-state index in [9.17, 15) is 0 Å². The first-order valence-electron chi connectivity index (χ1n) is 9.70. The zero-order valence-electron chi connectivity index (χ0n) is 15.9. The minimum Gasteiger partial charge on any atom is -0.356 e. The molecule has 2 aliphatic rings. The van der Waals surface area contributed by atoms with Gasteiger partial charge in [0.05, 0.1) is 24.4 Å². The Balaban J connectivity index is 1.39. The van der Waals surface area contributed by atoms with Crippen molar-refractivity contribution in [3.8, 4) is 0 Å². The fourth-order valence-corrected chi connectivity index (χ4v) is 3.98. The van der Waals surface area contributed by atoms with Gasteiger partial charge in [-0.15, -0.1) is 0 Å². The lowest BCUT2D eigenvalue weighted by molar-refractivity contribution is -0.169. The Kier molecular flexibility index (Phi) is 4.33. The lowest BCUT2D eigenvalue weighted by Crippen LogP contribution is -2.45. The van der Waals surface area contributed by atoms with Crippen molar-refractivity contribution in [2.45, 2.75) is 25.6 Å². The predicted octanol–water partition coefficient (Wildman–Crippen LogP) is 3.42. The summed E-state index contributed by atoms with van der Waals surface area (Å²) in [4.78, 5) is 16.0. The fourth-order valence-electron chi connectivity index (χ4n) is 3.98. The number of rotatable bonds is 3. The standard InChI is InChI=1S/C21H23N5O2/c1-15-23-18(25-17-6-2-4-16-5-3-9-22-20(16)17)14-19(24-15)26-10-7-21(8-11-26)27-12-13-28-21/h2-6,9,14H,7-8,10-13H2,1H3,(H,23,24,25). The lowest BCUT2D eigenvalue weighted by Gasteiger charge is -2.38. The van der Waals surface area contributed by atoms with Crippen LogP contribution in [0.5, 0.6) is 0 Å². The third kappa shape index (κ3) is 3.27. The van der Waals surface area contributed by atoms with E-state index in [0.29, 0.717) is 13.2 Å². The van der Waals surface area contributed by atoms with Crippen molar-refractivity contribution in [3.63, 3.8) is 0 Å². The SMILES string of the molecule is Cc1nc(Nc2cccc3cccnc23)cc(N2CCC3(CC2)OCCO3)n1. The number of piperidine rings is 1. The number of aryl methyl sites for hydroxylation is 1. The van der Waals surface area contributed by atoms with Crippen LogP contribution < -0.4 is 10.2 Å². The number of para-hydroxylation sites is 1. The van der Waals surface area contributed by atoms with Gasteiger partial charge >= 0.3 is 0 Å². The summed E-state index contributed by atoms with van der Waals surface area (Å²) in [6.45, 7) is 5.02. The molecule has 1 spiro atoms. The van der Waals surface area contributed by atoms with E-state index in [1.807, 2.05) is 31.2 Å². The van der Waals surface area contributed by atoms with E-state index in [1.165, 1.54) is 0 Å². The number of nitrogens with one attached hydrogen (secondary N) is 1. The van der Waals surface area contributed by atoms with Crippen LogP contribution in [0.25, 0.3) is 10.9 Å². The Bertz CT molecular complexity index is 988. The van der Waals surface area contributed by atoms with Crippen molar-refractivity contribution < 1.29 is 9.47 Å². The Morgan fingerprint density at radius 2 is 1.82 bits per heavy atom. The van der Waals surface area contributed by atoms with E-state index in [4.69, 9.17) is 9.47 Å². The number of fused-ring (bicyclic) bond motifs is 1. The van der Waals surface area contributed by atoms with Crippen LogP contribution in [0.4, 0.5) is 17.3 Å².